The minimum Gasteiger partial charge on any atom is -0.310 e. The Morgan fingerprint density at radius 3 is 1.62 bits per heavy atom. The molecule has 0 aliphatic heterocycles. The molecule has 0 saturated heterocycles. The molecule has 286 valence electrons. The Morgan fingerprint density at radius 1 is 0.344 bits per heavy atom. The number of rotatable bonds is 7. The standard InChI is InChI=1S/C58H38N2S/c1-3-13-39(14-4-1)43-16-11-17-44(37-43)40-25-31-47(32-26-40)59(53-22-12-24-56-57(53)52-21-9-10-23-55(52)61-56)48-33-27-41(28-34-48)45-30-35-50-51-36-29-42-15-7-8-20-49(42)58(51)60(54(50)38-45)46-18-5-2-6-19-46/h1-38H. The molecular formula is C58H38N2S. The van der Waals surface area contributed by atoms with Gasteiger partial charge in [0.05, 0.1) is 16.7 Å². The van der Waals surface area contributed by atoms with E-state index in [9.17, 15) is 0 Å². The molecule has 0 aliphatic rings. The van der Waals surface area contributed by atoms with Crippen molar-refractivity contribution in [3.63, 3.8) is 0 Å². The highest BCUT2D eigenvalue weighted by Crippen LogP contribution is 2.46. The highest BCUT2D eigenvalue weighted by molar-refractivity contribution is 7.26. The van der Waals surface area contributed by atoms with E-state index in [-0.39, 0.29) is 0 Å². The first-order valence-electron chi connectivity index (χ1n) is 20.8. The number of aromatic nitrogens is 1. The van der Waals surface area contributed by atoms with E-state index >= 15 is 0 Å². The van der Waals surface area contributed by atoms with Crippen LogP contribution in [-0.4, -0.2) is 4.57 Å². The molecule has 0 atom stereocenters. The third-order valence-corrected chi connectivity index (χ3v) is 13.3. The second kappa shape index (κ2) is 14.5. The predicted molar refractivity (Wildman–Crippen MR) is 262 cm³/mol. The molecule has 0 N–H and O–H groups in total. The van der Waals surface area contributed by atoms with Crippen LogP contribution in [0.5, 0.6) is 0 Å². The summed E-state index contributed by atoms with van der Waals surface area (Å²) in [5.74, 6) is 0. The van der Waals surface area contributed by atoms with Crippen LogP contribution in [0, 0.1) is 0 Å². The summed E-state index contributed by atoms with van der Waals surface area (Å²) >= 11 is 1.86. The van der Waals surface area contributed by atoms with Crippen LogP contribution in [0.15, 0.2) is 231 Å². The van der Waals surface area contributed by atoms with E-state index in [1.807, 2.05) is 11.3 Å². The van der Waals surface area contributed by atoms with Crippen molar-refractivity contribution in [3.05, 3.63) is 231 Å². The minimum absolute atomic E-state index is 1.11. The third-order valence-electron chi connectivity index (χ3n) is 12.2. The van der Waals surface area contributed by atoms with Crippen LogP contribution in [0.2, 0.25) is 0 Å². The van der Waals surface area contributed by atoms with Gasteiger partial charge < -0.3 is 9.47 Å². The number of para-hydroxylation sites is 1. The van der Waals surface area contributed by atoms with Gasteiger partial charge in [0.15, 0.2) is 0 Å². The Morgan fingerprint density at radius 2 is 0.885 bits per heavy atom. The van der Waals surface area contributed by atoms with E-state index < -0.39 is 0 Å². The molecule has 0 fully saturated rings. The number of nitrogens with zero attached hydrogens (tertiary/aromatic N) is 2. The fourth-order valence-electron chi connectivity index (χ4n) is 9.29. The van der Waals surface area contributed by atoms with Crippen molar-refractivity contribution in [2.24, 2.45) is 0 Å². The monoisotopic (exact) mass is 794 g/mol. The average Bonchev–Trinajstić information content (AvgIpc) is 3.89. The zero-order valence-corrected chi connectivity index (χ0v) is 34.1. The highest BCUT2D eigenvalue weighted by atomic mass is 32.1. The van der Waals surface area contributed by atoms with Crippen molar-refractivity contribution in [2.75, 3.05) is 4.90 Å². The summed E-state index contributed by atoms with van der Waals surface area (Å²) in [7, 11) is 0. The van der Waals surface area contributed by atoms with Gasteiger partial charge in [0.2, 0.25) is 0 Å². The van der Waals surface area contributed by atoms with E-state index in [1.54, 1.807) is 0 Å². The van der Waals surface area contributed by atoms with Gasteiger partial charge in [-0.2, -0.15) is 0 Å². The van der Waals surface area contributed by atoms with Crippen LogP contribution in [0.1, 0.15) is 0 Å². The lowest BCUT2D eigenvalue weighted by Gasteiger charge is -2.27. The fraction of sp³-hybridized carbons (Fsp3) is 0. The van der Waals surface area contributed by atoms with Crippen LogP contribution in [-0.2, 0) is 0 Å². The minimum atomic E-state index is 1.11. The molecule has 0 bridgehead atoms. The van der Waals surface area contributed by atoms with Gasteiger partial charge in [-0.1, -0.05) is 164 Å². The number of thiophene rings is 1. The van der Waals surface area contributed by atoms with Crippen molar-refractivity contribution in [1.82, 2.24) is 4.57 Å². The second-order valence-electron chi connectivity index (χ2n) is 15.7. The Bertz CT molecular complexity index is 3560. The molecule has 2 nitrogen and oxygen atoms in total. The molecule has 0 spiro atoms. The number of anilines is 3. The Kier molecular flexibility index (Phi) is 8.39. The van der Waals surface area contributed by atoms with Gasteiger partial charge in [-0.3, -0.25) is 0 Å². The van der Waals surface area contributed by atoms with Crippen molar-refractivity contribution in [3.8, 4) is 39.1 Å². The lowest BCUT2D eigenvalue weighted by Crippen LogP contribution is -2.10. The van der Waals surface area contributed by atoms with Crippen LogP contribution >= 0.6 is 11.3 Å². The van der Waals surface area contributed by atoms with Gasteiger partial charge >= 0.3 is 0 Å². The van der Waals surface area contributed by atoms with E-state index in [0.29, 0.717) is 0 Å². The van der Waals surface area contributed by atoms with Gasteiger partial charge in [-0.05, 0) is 105 Å². The predicted octanol–water partition coefficient (Wildman–Crippen LogP) is 16.8. The van der Waals surface area contributed by atoms with E-state index in [0.717, 1.165) is 17.1 Å². The molecule has 2 heterocycles. The average molecular weight is 795 g/mol. The maximum Gasteiger partial charge on any atom is 0.0619 e. The zero-order chi connectivity index (χ0) is 40.3. The van der Waals surface area contributed by atoms with Crippen molar-refractivity contribution >= 4 is 81.1 Å². The maximum absolute atomic E-state index is 2.44. The van der Waals surface area contributed by atoms with Crippen LogP contribution in [0.3, 0.4) is 0 Å². The molecule has 2 aromatic heterocycles. The maximum atomic E-state index is 2.44. The largest absolute Gasteiger partial charge is 0.310 e. The van der Waals surface area contributed by atoms with Gasteiger partial charge in [-0.15, -0.1) is 11.3 Å². The molecule has 12 aromatic rings. The summed E-state index contributed by atoms with van der Waals surface area (Å²) in [5.41, 5.74) is 14.2. The van der Waals surface area contributed by atoms with Crippen molar-refractivity contribution in [1.29, 1.82) is 0 Å². The molecule has 61 heavy (non-hydrogen) atoms. The van der Waals surface area contributed by atoms with Gasteiger partial charge in [0, 0.05) is 53.4 Å². The Hall–Kier alpha value is -7.72. The Labute approximate surface area is 358 Å². The summed E-state index contributed by atoms with van der Waals surface area (Å²) in [6.07, 6.45) is 0. The van der Waals surface area contributed by atoms with Crippen LogP contribution in [0.4, 0.5) is 17.1 Å². The lowest BCUT2D eigenvalue weighted by atomic mass is 9.98. The SMILES string of the molecule is c1ccc(-c2cccc(-c3ccc(N(c4ccc(-c5ccc6c7ccc8ccccc8c7n(-c7ccccc7)c6c5)cc4)c4cccc5sc6ccccc6c45)cc3)c2)cc1. The van der Waals surface area contributed by atoms with Crippen molar-refractivity contribution in [2.45, 2.75) is 0 Å². The topological polar surface area (TPSA) is 8.17 Å². The van der Waals surface area contributed by atoms with Crippen molar-refractivity contribution < 1.29 is 0 Å². The quantitative estimate of drug-likeness (QED) is 0.156. The molecular weight excluding hydrogens is 757 g/mol. The third kappa shape index (κ3) is 6.01. The summed E-state index contributed by atoms with van der Waals surface area (Å²) in [5, 5.41) is 7.58. The first-order chi connectivity index (χ1) is 30.2. The number of hydrogen-bond acceptors (Lipinski definition) is 2. The van der Waals surface area contributed by atoms with E-state index in [4.69, 9.17) is 0 Å². The van der Waals surface area contributed by atoms with Crippen LogP contribution in [0.25, 0.3) is 91.8 Å². The van der Waals surface area contributed by atoms with Gasteiger partial charge in [0.25, 0.3) is 0 Å². The number of benzene rings is 10. The first-order valence-corrected chi connectivity index (χ1v) is 21.6. The summed E-state index contributed by atoms with van der Waals surface area (Å²) in [6, 6.07) is 84.1. The molecule has 0 unspecified atom stereocenters. The molecule has 10 aromatic carbocycles. The summed E-state index contributed by atoms with van der Waals surface area (Å²) < 4.78 is 5.02. The molecule has 3 heteroatoms. The molecule has 0 radical (unpaired) electrons. The molecule has 0 amide bonds. The first kappa shape index (κ1) is 35.2. The summed E-state index contributed by atoms with van der Waals surface area (Å²) in [4.78, 5) is 2.43. The number of hydrogen-bond donors (Lipinski definition) is 0. The highest BCUT2D eigenvalue weighted by Gasteiger charge is 2.20. The smallest absolute Gasteiger partial charge is 0.0619 e. The molecule has 12 rings (SSSR count). The number of fused-ring (bicyclic) bond motifs is 8. The molecule has 0 aliphatic carbocycles. The van der Waals surface area contributed by atoms with Crippen LogP contribution < -0.4 is 4.90 Å². The summed E-state index contributed by atoms with van der Waals surface area (Å²) in [6.45, 7) is 0. The zero-order valence-electron chi connectivity index (χ0n) is 33.2. The molecule has 0 saturated carbocycles. The normalized spacial score (nSPS) is 11.6. The fourth-order valence-corrected chi connectivity index (χ4v) is 10.4. The van der Waals surface area contributed by atoms with E-state index in [1.165, 1.54) is 91.8 Å². The van der Waals surface area contributed by atoms with Gasteiger partial charge in [-0.25, -0.2) is 0 Å². The Balaban J connectivity index is 0.983. The second-order valence-corrected chi connectivity index (χ2v) is 16.8. The van der Waals surface area contributed by atoms with E-state index in [2.05, 4.69) is 240 Å². The van der Waals surface area contributed by atoms with Gasteiger partial charge in [0.1, 0.15) is 0 Å². The lowest BCUT2D eigenvalue weighted by molar-refractivity contribution is 1.19.